The monoisotopic (exact) mass is 1280 g/mol. The molecule has 1 aliphatic heterocycles. The summed E-state index contributed by atoms with van der Waals surface area (Å²) in [6.45, 7) is 27.3. The van der Waals surface area contributed by atoms with Crippen molar-refractivity contribution in [2.45, 2.75) is 105 Å². The number of fused-ring (bicyclic) bond motifs is 4. The summed E-state index contributed by atoms with van der Waals surface area (Å²) < 4.78 is 13.6. The molecule has 0 saturated carbocycles. The molecular formula is C76H72N4OPtSi+2. The van der Waals surface area contributed by atoms with Crippen molar-refractivity contribution >= 4 is 79.4 Å². The maximum Gasteiger partial charge on any atom is 2.00 e. The van der Waals surface area contributed by atoms with E-state index in [2.05, 4.69) is 309 Å². The Hall–Kier alpha value is -7.98. The number of hydrogen-bond acceptors (Lipinski definition) is 2. The van der Waals surface area contributed by atoms with Crippen molar-refractivity contribution in [1.29, 1.82) is 0 Å². The minimum atomic E-state index is -2.86. The van der Waals surface area contributed by atoms with E-state index in [1.54, 1.807) is 0 Å². The van der Waals surface area contributed by atoms with E-state index in [1.807, 2.05) is 24.4 Å². The van der Waals surface area contributed by atoms with E-state index in [0.717, 1.165) is 61.5 Å². The summed E-state index contributed by atoms with van der Waals surface area (Å²) in [5.41, 5.74) is 12.9. The summed E-state index contributed by atoms with van der Waals surface area (Å²) >= 11 is 0. The molecule has 3 heterocycles. The molecule has 12 rings (SSSR count). The molecule has 0 spiro atoms. The molecule has 414 valence electrons. The number of nitrogens with zero attached hydrogens (tertiary/aromatic N) is 4. The standard InChI is InChI=1S/C76H72N4OSi.Pt/c1-73(2,3)53-26-22-25-52(43-53)65-35-24-36-69-72(65)79(58-45-55(75(7,8)9)44-56(46-58)76(10,11)12)51-78(69)57-27-23-28-59(48-57)81-60-37-39-66-67-50-64(38-40-68(67)80(70(66)49-60)71-47-54(41-42-77-71)74(4,5)6)82(61-29-16-13-17-30-61,62-31-18-14-19-32-62)63-33-20-15-21-34-63;/h13-47,50H,1-12H3;/q;+2. The maximum atomic E-state index is 6.94. The number of rotatable bonds is 10. The van der Waals surface area contributed by atoms with Gasteiger partial charge in [-0.25, -0.2) is 4.98 Å². The van der Waals surface area contributed by atoms with Crippen molar-refractivity contribution in [3.05, 3.63) is 253 Å². The first kappa shape index (κ1) is 56.9. The fraction of sp³-hybridized carbons (Fsp3) is 0.211. The second-order valence-electron chi connectivity index (χ2n) is 26.2. The molecule has 0 bridgehead atoms. The van der Waals surface area contributed by atoms with Crippen molar-refractivity contribution in [2.75, 3.05) is 0 Å². The van der Waals surface area contributed by atoms with Gasteiger partial charge in [0, 0.05) is 41.4 Å². The van der Waals surface area contributed by atoms with Crippen LogP contribution in [0.5, 0.6) is 11.5 Å². The summed E-state index contributed by atoms with van der Waals surface area (Å²) in [6.07, 6.45) is 1.93. The van der Waals surface area contributed by atoms with Crippen LogP contribution < -0.4 is 34.6 Å². The molecular weight excluding hydrogens is 1210 g/mol. The van der Waals surface area contributed by atoms with Crippen LogP contribution in [0.3, 0.4) is 0 Å². The zero-order valence-corrected chi connectivity index (χ0v) is 53.1. The first-order valence-corrected chi connectivity index (χ1v) is 30.8. The average molecular weight is 1280 g/mol. The summed E-state index contributed by atoms with van der Waals surface area (Å²) in [7, 11) is -2.86. The van der Waals surface area contributed by atoms with Crippen LogP contribution in [0.4, 0.5) is 22.7 Å². The van der Waals surface area contributed by atoms with E-state index in [1.165, 1.54) is 43.0 Å². The van der Waals surface area contributed by atoms with Crippen LogP contribution in [0, 0.1) is 12.1 Å². The van der Waals surface area contributed by atoms with Gasteiger partial charge in [-0.1, -0.05) is 245 Å². The second kappa shape index (κ2) is 21.6. The molecule has 0 amide bonds. The van der Waals surface area contributed by atoms with Gasteiger partial charge in [-0.3, -0.25) is 0 Å². The van der Waals surface area contributed by atoms with E-state index >= 15 is 0 Å². The minimum absolute atomic E-state index is 0. The van der Waals surface area contributed by atoms with Gasteiger partial charge in [0.15, 0.2) is 8.07 Å². The van der Waals surface area contributed by atoms with E-state index in [0.29, 0.717) is 11.5 Å². The third-order valence-corrected chi connectivity index (χ3v) is 21.2. The first-order valence-electron chi connectivity index (χ1n) is 28.8. The quantitative estimate of drug-likeness (QED) is 0.0592. The van der Waals surface area contributed by atoms with E-state index in [-0.39, 0.29) is 42.7 Å². The molecule has 7 heteroatoms. The van der Waals surface area contributed by atoms with Crippen molar-refractivity contribution in [3.63, 3.8) is 0 Å². The number of ether oxygens (including phenoxy) is 1. The summed E-state index contributed by atoms with van der Waals surface area (Å²) in [5.74, 6) is 1.97. The van der Waals surface area contributed by atoms with Crippen molar-refractivity contribution in [1.82, 2.24) is 18.7 Å². The average Bonchev–Trinajstić information content (AvgIpc) is 4.10. The Balaban J connectivity index is 0.00000721. The molecule has 2 aromatic heterocycles. The zero-order valence-electron chi connectivity index (χ0n) is 49.8. The van der Waals surface area contributed by atoms with Crippen LogP contribution in [0.25, 0.3) is 38.8 Å². The van der Waals surface area contributed by atoms with Crippen LogP contribution in [-0.4, -0.2) is 23.6 Å². The predicted molar refractivity (Wildman–Crippen MR) is 347 cm³/mol. The van der Waals surface area contributed by atoms with Gasteiger partial charge in [0.25, 0.3) is 5.69 Å². The van der Waals surface area contributed by atoms with Crippen LogP contribution in [0.1, 0.15) is 105 Å². The third kappa shape index (κ3) is 10.6. The van der Waals surface area contributed by atoms with Gasteiger partial charge in [-0.05, 0) is 104 Å². The van der Waals surface area contributed by atoms with Gasteiger partial charge in [-0.2, -0.15) is 12.1 Å². The molecule has 0 saturated heterocycles. The SMILES string of the molecule is CC(C)(C)c1cccc(-c2cccc3c2[N+](c2cc(C(C)(C)C)cc(C(C)(C)C)c2)=C=[N+]3c2[c-]c(Oc3[c-]c4c(cc3)c3cc([Si](c5ccccc5)(c5ccccc5)c5ccccc5)ccc3n4-c3cc(C(C)(C)C)ccn3)ccc2)c1.[Pt+2]. The topological polar surface area (TPSA) is 33.1 Å². The molecule has 0 unspecified atom stereocenters. The van der Waals surface area contributed by atoms with E-state index in [9.17, 15) is 0 Å². The zero-order chi connectivity index (χ0) is 57.3. The fourth-order valence-corrected chi connectivity index (χ4v) is 16.6. The Labute approximate surface area is 506 Å². The Morgan fingerprint density at radius 3 is 1.63 bits per heavy atom. The van der Waals surface area contributed by atoms with Gasteiger partial charge >= 0.3 is 32.8 Å². The Morgan fingerprint density at radius 2 is 1.02 bits per heavy atom. The van der Waals surface area contributed by atoms with Gasteiger partial charge in [0.05, 0.1) is 5.56 Å². The molecule has 0 radical (unpaired) electrons. The molecule has 0 fully saturated rings. The van der Waals surface area contributed by atoms with Crippen LogP contribution >= 0.6 is 0 Å². The number of pyridine rings is 1. The number of benzene rings is 9. The molecule has 0 aliphatic carbocycles. The first-order chi connectivity index (χ1) is 39.2. The molecule has 5 nitrogen and oxygen atoms in total. The second-order valence-corrected chi connectivity index (χ2v) is 30.0. The van der Waals surface area contributed by atoms with Crippen molar-refractivity contribution in [2.24, 2.45) is 0 Å². The summed E-state index contributed by atoms with van der Waals surface area (Å²) in [4.78, 5) is 5.09. The summed E-state index contributed by atoms with van der Waals surface area (Å²) in [6, 6.07) is 89.2. The fourth-order valence-electron chi connectivity index (χ4n) is 11.8. The largest absolute Gasteiger partial charge is 2.00 e. The normalized spacial score (nSPS) is 12.9. The molecule has 83 heavy (non-hydrogen) atoms. The van der Waals surface area contributed by atoms with Crippen LogP contribution in [0.2, 0.25) is 0 Å². The minimum Gasteiger partial charge on any atom is -0.509 e. The third-order valence-electron chi connectivity index (χ3n) is 16.4. The number of aromatic nitrogens is 2. The van der Waals surface area contributed by atoms with E-state index < -0.39 is 8.07 Å². The molecule has 0 N–H and O–H groups in total. The number of para-hydroxylation sites is 1. The predicted octanol–water partition coefficient (Wildman–Crippen LogP) is 16.7. The Kier molecular flexibility index (Phi) is 14.8. The Morgan fingerprint density at radius 1 is 0.458 bits per heavy atom. The number of hydrogen-bond donors (Lipinski definition) is 0. The van der Waals surface area contributed by atoms with Crippen molar-refractivity contribution < 1.29 is 25.8 Å². The molecule has 11 aromatic rings. The van der Waals surface area contributed by atoms with Crippen LogP contribution in [-0.2, 0) is 42.7 Å². The molecule has 1 aliphatic rings. The molecule has 0 atom stereocenters. The van der Waals surface area contributed by atoms with Crippen molar-refractivity contribution in [3.8, 4) is 28.4 Å². The van der Waals surface area contributed by atoms with Gasteiger partial charge < -0.3 is 9.30 Å². The van der Waals surface area contributed by atoms with Crippen LogP contribution in [0.15, 0.2) is 219 Å². The Bertz CT molecular complexity index is 4190. The van der Waals surface area contributed by atoms with Gasteiger partial charge in [0.2, 0.25) is 5.69 Å². The summed E-state index contributed by atoms with van der Waals surface area (Å²) in [5, 5.41) is 7.46. The van der Waals surface area contributed by atoms with Gasteiger partial charge in [0.1, 0.15) is 11.5 Å². The van der Waals surface area contributed by atoms with Gasteiger partial charge in [-0.15, -0.1) is 23.6 Å². The maximum absolute atomic E-state index is 6.94. The van der Waals surface area contributed by atoms with E-state index in [4.69, 9.17) is 9.72 Å². The smallest absolute Gasteiger partial charge is 0.509 e. The molecule has 9 aromatic carbocycles.